The third-order valence-electron chi connectivity index (χ3n) is 3.54. The first-order valence-corrected chi connectivity index (χ1v) is 9.46. The molecule has 0 saturated heterocycles. The molecule has 1 aromatic rings. The van der Waals surface area contributed by atoms with E-state index in [-0.39, 0.29) is 26.1 Å². The van der Waals surface area contributed by atoms with Crippen LogP contribution in [0.4, 0.5) is 0 Å². The molecule has 0 aliphatic heterocycles. The number of carbonyl (C=O) groups is 4. The van der Waals surface area contributed by atoms with Gasteiger partial charge in [0.05, 0.1) is 0 Å². The van der Waals surface area contributed by atoms with E-state index in [4.69, 9.17) is 18.9 Å². The van der Waals surface area contributed by atoms with Crippen LogP contribution in [0.3, 0.4) is 0 Å². The number of hydrogen-bond acceptors (Lipinski definition) is 8. The van der Waals surface area contributed by atoms with Crippen LogP contribution in [-0.2, 0) is 44.7 Å². The molecule has 0 unspecified atom stereocenters. The Hall–Kier alpha value is -2.78. The Morgan fingerprint density at radius 3 is 2.30 bits per heavy atom. The zero-order valence-electron chi connectivity index (χ0n) is 17.4. The maximum Gasteiger partial charge on any atom is 0.338 e. The van der Waals surface area contributed by atoms with Crippen molar-refractivity contribution in [2.75, 3.05) is 13.2 Å². The second kappa shape index (κ2) is 12.7. The van der Waals surface area contributed by atoms with Gasteiger partial charge in [0.1, 0.15) is 25.1 Å². The third kappa shape index (κ3) is 10.1. The predicted octanol–water partition coefficient (Wildman–Crippen LogP) is 1.91. The summed E-state index contributed by atoms with van der Waals surface area (Å²) in [7, 11) is 0. The van der Waals surface area contributed by atoms with Gasteiger partial charge in [-0.2, -0.15) is 0 Å². The lowest BCUT2D eigenvalue weighted by molar-refractivity contribution is -0.186. The van der Waals surface area contributed by atoms with Gasteiger partial charge in [0, 0.05) is 13.0 Å². The Bertz CT molecular complexity index is 694. The molecule has 166 valence electrons. The molecule has 0 spiro atoms. The molecule has 0 heterocycles. The normalized spacial score (nSPS) is 13.2. The van der Waals surface area contributed by atoms with E-state index in [2.05, 4.69) is 0 Å². The molecule has 30 heavy (non-hydrogen) atoms. The van der Waals surface area contributed by atoms with Crippen molar-refractivity contribution in [1.82, 2.24) is 0 Å². The number of rotatable bonds is 13. The number of aldehydes is 1. The SMILES string of the molecule is CC(C)(C)OC(=O)CO[C@@H](C(=O)O)[C@@H](OCCCC=O)C(=O)OCc1ccccc1. The molecular formula is C21H28O9. The summed E-state index contributed by atoms with van der Waals surface area (Å²) in [5.41, 5.74) is -0.0782. The maximum atomic E-state index is 12.5. The van der Waals surface area contributed by atoms with Gasteiger partial charge in [-0.25, -0.2) is 14.4 Å². The summed E-state index contributed by atoms with van der Waals surface area (Å²) in [5, 5.41) is 9.50. The number of ether oxygens (including phenoxy) is 4. The van der Waals surface area contributed by atoms with Crippen LogP contribution in [0.5, 0.6) is 0 Å². The first-order valence-electron chi connectivity index (χ1n) is 9.46. The van der Waals surface area contributed by atoms with Crippen LogP contribution in [0.25, 0.3) is 0 Å². The Kier molecular flexibility index (Phi) is 10.7. The van der Waals surface area contributed by atoms with Gasteiger partial charge in [-0.05, 0) is 32.8 Å². The van der Waals surface area contributed by atoms with Crippen molar-refractivity contribution in [2.24, 2.45) is 0 Å². The quantitative estimate of drug-likeness (QED) is 0.287. The summed E-state index contributed by atoms with van der Waals surface area (Å²) in [6.07, 6.45) is -2.27. The summed E-state index contributed by atoms with van der Waals surface area (Å²) in [4.78, 5) is 46.5. The summed E-state index contributed by atoms with van der Waals surface area (Å²) >= 11 is 0. The molecule has 0 aliphatic rings. The molecule has 0 saturated carbocycles. The second-order valence-corrected chi connectivity index (χ2v) is 7.35. The van der Waals surface area contributed by atoms with Crippen molar-refractivity contribution >= 4 is 24.2 Å². The Labute approximate surface area is 175 Å². The minimum atomic E-state index is -1.79. The van der Waals surface area contributed by atoms with Crippen LogP contribution in [0.15, 0.2) is 30.3 Å². The van der Waals surface area contributed by atoms with Crippen LogP contribution in [0, 0.1) is 0 Å². The van der Waals surface area contributed by atoms with Crippen molar-refractivity contribution in [2.45, 2.75) is 58.0 Å². The molecule has 2 atom stereocenters. The number of unbranched alkanes of at least 4 members (excludes halogenated alkanes) is 1. The Morgan fingerprint density at radius 2 is 1.73 bits per heavy atom. The molecular weight excluding hydrogens is 396 g/mol. The molecule has 0 aliphatic carbocycles. The zero-order valence-corrected chi connectivity index (χ0v) is 17.4. The van der Waals surface area contributed by atoms with Gasteiger partial charge >= 0.3 is 17.9 Å². The molecule has 1 N–H and O–H groups in total. The fraction of sp³-hybridized carbons (Fsp3) is 0.524. The highest BCUT2D eigenvalue weighted by Gasteiger charge is 2.38. The van der Waals surface area contributed by atoms with Gasteiger partial charge in [-0.15, -0.1) is 0 Å². The minimum Gasteiger partial charge on any atom is -0.479 e. The number of benzene rings is 1. The van der Waals surface area contributed by atoms with E-state index in [1.54, 1.807) is 51.1 Å². The smallest absolute Gasteiger partial charge is 0.338 e. The van der Waals surface area contributed by atoms with Crippen molar-refractivity contribution in [3.8, 4) is 0 Å². The lowest BCUT2D eigenvalue weighted by Crippen LogP contribution is -2.45. The van der Waals surface area contributed by atoms with Crippen LogP contribution in [0.2, 0.25) is 0 Å². The van der Waals surface area contributed by atoms with E-state index in [1.165, 1.54) is 0 Å². The number of carbonyl (C=O) groups excluding carboxylic acids is 3. The summed E-state index contributed by atoms with van der Waals surface area (Å²) in [6.45, 7) is 4.11. The number of carboxylic acids is 1. The lowest BCUT2D eigenvalue weighted by Gasteiger charge is -2.24. The van der Waals surface area contributed by atoms with Gasteiger partial charge < -0.3 is 28.8 Å². The highest BCUT2D eigenvalue weighted by Crippen LogP contribution is 2.13. The highest BCUT2D eigenvalue weighted by atomic mass is 16.6. The van der Waals surface area contributed by atoms with Crippen LogP contribution in [-0.4, -0.2) is 60.3 Å². The van der Waals surface area contributed by atoms with Gasteiger partial charge in [0.2, 0.25) is 0 Å². The number of esters is 2. The van der Waals surface area contributed by atoms with E-state index in [0.717, 1.165) is 0 Å². The predicted molar refractivity (Wildman–Crippen MR) is 104 cm³/mol. The van der Waals surface area contributed by atoms with E-state index < -0.39 is 42.3 Å². The summed E-state index contributed by atoms with van der Waals surface area (Å²) in [6, 6.07) is 8.80. The molecule has 1 aromatic carbocycles. The minimum absolute atomic E-state index is 0.0661. The molecule has 0 aromatic heterocycles. The highest BCUT2D eigenvalue weighted by molar-refractivity contribution is 5.85. The van der Waals surface area contributed by atoms with Crippen molar-refractivity contribution in [3.05, 3.63) is 35.9 Å². The zero-order chi connectivity index (χ0) is 22.6. The van der Waals surface area contributed by atoms with E-state index in [0.29, 0.717) is 11.8 Å². The summed E-state index contributed by atoms with van der Waals surface area (Å²) < 4.78 is 20.7. The third-order valence-corrected chi connectivity index (χ3v) is 3.54. The second-order valence-electron chi connectivity index (χ2n) is 7.35. The Morgan fingerprint density at radius 1 is 1.07 bits per heavy atom. The van der Waals surface area contributed by atoms with E-state index >= 15 is 0 Å². The monoisotopic (exact) mass is 424 g/mol. The lowest BCUT2D eigenvalue weighted by atomic mass is 10.2. The van der Waals surface area contributed by atoms with Crippen molar-refractivity contribution in [3.63, 3.8) is 0 Å². The standard InChI is InChI=1S/C21H28O9/c1-21(2,3)30-16(23)14-28-17(19(24)25)18(27-12-8-7-11-22)20(26)29-13-15-9-5-4-6-10-15/h4-6,9-11,17-18H,7-8,12-14H2,1-3H3,(H,24,25)/t17-,18-/m1/s1. The van der Waals surface area contributed by atoms with Crippen molar-refractivity contribution in [1.29, 1.82) is 0 Å². The summed E-state index contributed by atoms with van der Waals surface area (Å²) in [5.74, 6) is -3.25. The maximum absolute atomic E-state index is 12.5. The van der Waals surface area contributed by atoms with Crippen LogP contribution in [0.1, 0.15) is 39.2 Å². The number of carboxylic acid groups (broad SMARTS) is 1. The average Bonchev–Trinajstić information content (AvgIpc) is 2.67. The van der Waals surface area contributed by atoms with Gasteiger partial charge in [0.15, 0.2) is 12.2 Å². The first-order chi connectivity index (χ1) is 14.1. The Balaban J connectivity index is 2.82. The topological polar surface area (TPSA) is 125 Å². The van der Waals surface area contributed by atoms with Gasteiger partial charge in [-0.3, -0.25) is 0 Å². The van der Waals surface area contributed by atoms with E-state index in [9.17, 15) is 24.3 Å². The van der Waals surface area contributed by atoms with E-state index in [1.807, 2.05) is 0 Å². The largest absolute Gasteiger partial charge is 0.479 e. The van der Waals surface area contributed by atoms with Gasteiger partial charge in [0.25, 0.3) is 0 Å². The molecule has 9 nitrogen and oxygen atoms in total. The molecule has 0 amide bonds. The molecule has 9 heteroatoms. The molecule has 1 rings (SSSR count). The van der Waals surface area contributed by atoms with Crippen molar-refractivity contribution < 1.29 is 43.2 Å². The fourth-order valence-corrected chi connectivity index (χ4v) is 2.28. The number of hydrogen-bond donors (Lipinski definition) is 1. The van der Waals surface area contributed by atoms with Crippen LogP contribution >= 0.6 is 0 Å². The number of aliphatic carboxylic acids is 1. The molecule has 0 bridgehead atoms. The average molecular weight is 424 g/mol. The van der Waals surface area contributed by atoms with Crippen LogP contribution < -0.4 is 0 Å². The molecule has 0 fully saturated rings. The first kappa shape index (κ1) is 25.3. The fourth-order valence-electron chi connectivity index (χ4n) is 2.28. The van der Waals surface area contributed by atoms with Gasteiger partial charge in [-0.1, -0.05) is 30.3 Å². The molecule has 0 radical (unpaired) electrons.